The van der Waals surface area contributed by atoms with Gasteiger partial charge in [-0.1, -0.05) is 0 Å². The van der Waals surface area contributed by atoms with Crippen molar-refractivity contribution >= 4 is 13.3 Å². The van der Waals surface area contributed by atoms with Gasteiger partial charge in [0, 0.05) is 0 Å². The van der Waals surface area contributed by atoms with Crippen molar-refractivity contribution in [3.63, 3.8) is 0 Å². The van der Waals surface area contributed by atoms with Crippen molar-refractivity contribution in [1.82, 2.24) is 0 Å². The Morgan fingerprint density at radius 3 is 2.17 bits per heavy atom. The molecule has 72 valence electrons. The van der Waals surface area contributed by atoms with E-state index < -0.39 is 13.3 Å². The number of rotatable bonds is 1. The van der Waals surface area contributed by atoms with Crippen LogP contribution in [0.4, 0.5) is 0 Å². The van der Waals surface area contributed by atoms with Crippen molar-refractivity contribution in [3.8, 4) is 0 Å². The van der Waals surface area contributed by atoms with E-state index in [-0.39, 0.29) is 6.10 Å². The molecule has 0 aromatic heterocycles. The fourth-order valence-corrected chi connectivity index (χ4v) is 7.24. The number of aliphatic hydroxyl groups excluding tert-OH is 1. The molecular weight excluding hydrogens is 209 g/mol. The van der Waals surface area contributed by atoms with Crippen molar-refractivity contribution in [2.45, 2.75) is 54.3 Å². The molecule has 0 heterocycles. The molecular formula is C10H22GeO. The van der Waals surface area contributed by atoms with Crippen molar-refractivity contribution in [3.05, 3.63) is 0 Å². The molecule has 0 spiro atoms. The molecule has 1 aliphatic rings. The molecule has 1 rings (SSSR count). The van der Waals surface area contributed by atoms with Gasteiger partial charge in [-0.15, -0.1) is 0 Å². The first-order valence-electron chi connectivity index (χ1n) is 5.09. The third-order valence-corrected chi connectivity index (χ3v) is 9.27. The topological polar surface area (TPSA) is 20.2 Å². The molecule has 12 heavy (non-hydrogen) atoms. The Morgan fingerprint density at radius 1 is 1.17 bits per heavy atom. The number of hydrogen-bond donors (Lipinski definition) is 1. The summed E-state index contributed by atoms with van der Waals surface area (Å²) in [5, 5.41) is 9.92. The molecule has 0 aromatic rings. The molecule has 2 heteroatoms. The molecule has 1 saturated carbocycles. The van der Waals surface area contributed by atoms with Crippen molar-refractivity contribution in [1.29, 1.82) is 0 Å². The first kappa shape index (κ1) is 10.6. The molecule has 0 saturated heterocycles. The zero-order valence-corrected chi connectivity index (χ0v) is 10.9. The second-order valence-corrected chi connectivity index (χ2v) is 16.9. The standard InChI is InChI=1S/C10H22GeO/c1-8-5-6-9(10(12)7-8)11(2,3)4/h8-10,12H,5-7H2,1-4H3/t8-,9+,10+/m1/s1. The molecule has 0 bridgehead atoms. The van der Waals surface area contributed by atoms with Gasteiger partial charge in [0.25, 0.3) is 0 Å². The summed E-state index contributed by atoms with van der Waals surface area (Å²) in [6.45, 7) is 2.26. The van der Waals surface area contributed by atoms with Crippen LogP contribution < -0.4 is 0 Å². The summed E-state index contributed by atoms with van der Waals surface area (Å²) in [5.74, 6) is 8.01. The quantitative estimate of drug-likeness (QED) is 0.687. The minimum absolute atomic E-state index is 0.0220. The Labute approximate surface area is 78.9 Å². The fraction of sp³-hybridized carbons (Fsp3) is 1.00. The average molecular weight is 231 g/mol. The maximum absolute atomic E-state index is 9.92. The third-order valence-electron chi connectivity index (χ3n) is 3.19. The summed E-state index contributed by atoms with van der Waals surface area (Å²) >= 11 is -1.58. The maximum atomic E-state index is 9.92. The van der Waals surface area contributed by atoms with Crippen LogP contribution in [0.5, 0.6) is 0 Å². The molecule has 3 atom stereocenters. The van der Waals surface area contributed by atoms with E-state index in [9.17, 15) is 5.11 Å². The van der Waals surface area contributed by atoms with Crippen LogP contribution in [0.15, 0.2) is 0 Å². The molecule has 0 aliphatic heterocycles. The van der Waals surface area contributed by atoms with E-state index in [0.717, 1.165) is 12.3 Å². The van der Waals surface area contributed by atoms with Gasteiger partial charge in [0.2, 0.25) is 0 Å². The molecule has 1 N–H and O–H groups in total. The van der Waals surface area contributed by atoms with Gasteiger partial charge >= 0.3 is 78.6 Å². The van der Waals surface area contributed by atoms with Gasteiger partial charge in [-0.3, -0.25) is 0 Å². The predicted molar refractivity (Wildman–Crippen MR) is 56.1 cm³/mol. The van der Waals surface area contributed by atoms with Gasteiger partial charge in [-0.25, -0.2) is 0 Å². The van der Waals surface area contributed by atoms with Crippen molar-refractivity contribution in [2.75, 3.05) is 0 Å². The summed E-state index contributed by atoms with van der Waals surface area (Å²) in [5.41, 5.74) is 0. The van der Waals surface area contributed by atoms with Crippen LogP contribution in [0.25, 0.3) is 0 Å². The van der Waals surface area contributed by atoms with Crippen LogP contribution in [0.2, 0.25) is 22.0 Å². The minimum atomic E-state index is -1.58. The van der Waals surface area contributed by atoms with Gasteiger partial charge in [0.15, 0.2) is 0 Å². The van der Waals surface area contributed by atoms with E-state index in [4.69, 9.17) is 0 Å². The SMILES string of the molecule is C[C@@H]1CC[C@H]([Ge]([CH3])([CH3])[CH3])[C@@H](O)C1. The van der Waals surface area contributed by atoms with E-state index in [1.54, 1.807) is 0 Å². The predicted octanol–water partition coefficient (Wildman–Crippen LogP) is 2.88. The Balaban J connectivity index is 2.57. The van der Waals surface area contributed by atoms with Gasteiger partial charge in [-0.2, -0.15) is 0 Å². The normalized spacial score (nSPS) is 38.2. The van der Waals surface area contributed by atoms with E-state index in [2.05, 4.69) is 24.2 Å². The van der Waals surface area contributed by atoms with Crippen LogP contribution in [-0.2, 0) is 0 Å². The molecule has 1 nitrogen and oxygen atoms in total. The summed E-state index contributed by atoms with van der Waals surface area (Å²) in [7, 11) is 0. The summed E-state index contributed by atoms with van der Waals surface area (Å²) in [4.78, 5) is 0. The van der Waals surface area contributed by atoms with Crippen molar-refractivity contribution in [2.24, 2.45) is 5.92 Å². The third kappa shape index (κ3) is 2.49. The van der Waals surface area contributed by atoms with E-state index >= 15 is 0 Å². The monoisotopic (exact) mass is 232 g/mol. The average Bonchev–Trinajstić information content (AvgIpc) is 1.83. The van der Waals surface area contributed by atoms with Gasteiger partial charge in [0.1, 0.15) is 0 Å². The zero-order chi connectivity index (χ0) is 9.35. The van der Waals surface area contributed by atoms with E-state index in [1.807, 2.05) is 0 Å². The second kappa shape index (κ2) is 3.71. The second-order valence-electron chi connectivity index (χ2n) is 5.46. The number of hydrogen-bond acceptors (Lipinski definition) is 1. The number of aliphatic hydroxyl groups is 1. The molecule has 0 radical (unpaired) electrons. The van der Waals surface area contributed by atoms with E-state index in [1.165, 1.54) is 12.8 Å². The van der Waals surface area contributed by atoms with Gasteiger partial charge < -0.3 is 0 Å². The molecule has 0 unspecified atom stereocenters. The summed E-state index contributed by atoms with van der Waals surface area (Å²) in [6, 6.07) is 0. The molecule has 0 amide bonds. The van der Waals surface area contributed by atoms with Gasteiger partial charge in [0.05, 0.1) is 0 Å². The zero-order valence-electron chi connectivity index (χ0n) is 8.80. The first-order chi connectivity index (χ1) is 5.41. The first-order valence-corrected chi connectivity index (χ1v) is 12.6. The fourth-order valence-electron chi connectivity index (χ4n) is 2.36. The Kier molecular flexibility index (Phi) is 3.27. The van der Waals surface area contributed by atoms with Crippen LogP contribution in [0, 0.1) is 5.92 Å². The van der Waals surface area contributed by atoms with Gasteiger partial charge in [-0.05, 0) is 0 Å². The summed E-state index contributed by atoms with van der Waals surface area (Å²) in [6.07, 6.45) is 3.69. The molecule has 1 aliphatic carbocycles. The molecule has 0 aromatic carbocycles. The Bertz CT molecular complexity index is 150. The summed E-state index contributed by atoms with van der Waals surface area (Å²) < 4.78 is 0.696. The Morgan fingerprint density at radius 2 is 1.75 bits per heavy atom. The van der Waals surface area contributed by atoms with Crippen LogP contribution >= 0.6 is 0 Å². The van der Waals surface area contributed by atoms with E-state index in [0.29, 0.717) is 4.75 Å². The van der Waals surface area contributed by atoms with Crippen LogP contribution in [0.3, 0.4) is 0 Å². The Hall–Kier alpha value is 0.503. The van der Waals surface area contributed by atoms with Crippen LogP contribution in [-0.4, -0.2) is 24.5 Å². The van der Waals surface area contributed by atoms with Crippen molar-refractivity contribution < 1.29 is 5.11 Å². The molecule has 1 fully saturated rings. The van der Waals surface area contributed by atoms with Crippen LogP contribution in [0.1, 0.15) is 26.2 Å².